The zero-order valence-corrected chi connectivity index (χ0v) is 19.1. The number of rotatable bonds is 6. The summed E-state index contributed by atoms with van der Waals surface area (Å²) in [5.74, 6) is -0.557. The van der Waals surface area contributed by atoms with Crippen LogP contribution in [0.1, 0.15) is 31.1 Å². The van der Waals surface area contributed by atoms with Crippen LogP contribution in [0.25, 0.3) is 0 Å². The maximum Gasteiger partial charge on any atom is 0.245 e. The van der Waals surface area contributed by atoms with Gasteiger partial charge in [0.15, 0.2) is 0 Å². The Hall–Kier alpha value is -1.39. The molecule has 1 aromatic carbocycles. The molecule has 0 aromatic heterocycles. The topological polar surface area (TPSA) is 96.0 Å². The first-order chi connectivity index (χ1) is 14.1. The zero-order chi connectivity index (χ0) is 22.1. The lowest BCUT2D eigenvalue weighted by atomic mass is 10.2. The molecule has 2 aliphatic rings. The van der Waals surface area contributed by atoms with Crippen molar-refractivity contribution in [3.63, 3.8) is 0 Å². The smallest absolute Gasteiger partial charge is 0.245 e. The van der Waals surface area contributed by atoms with E-state index in [0.717, 1.165) is 0 Å². The molecule has 0 aliphatic carbocycles. The number of morpholine rings is 1. The van der Waals surface area contributed by atoms with E-state index in [2.05, 4.69) is 4.72 Å². The SMILES string of the molecule is CC(c1ccc(Cl)cc1Cl)S(=O)(=O)NC1CCN([C@@H](C)C(=O)N2CCOCC2)C1=O. The lowest BCUT2D eigenvalue weighted by Gasteiger charge is -2.32. The summed E-state index contributed by atoms with van der Waals surface area (Å²) in [6.45, 7) is 5.39. The van der Waals surface area contributed by atoms with Gasteiger partial charge in [-0.05, 0) is 38.0 Å². The van der Waals surface area contributed by atoms with E-state index in [1.54, 1.807) is 24.0 Å². The Labute approximate surface area is 186 Å². The summed E-state index contributed by atoms with van der Waals surface area (Å²) in [4.78, 5) is 28.6. The molecule has 3 atom stereocenters. The van der Waals surface area contributed by atoms with Crippen LogP contribution >= 0.6 is 23.2 Å². The Morgan fingerprint density at radius 1 is 1.20 bits per heavy atom. The maximum absolute atomic E-state index is 12.9. The predicted octanol–water partition coefficient (Wildman–Crippen LogP) is 1.82. The van der Waals surface area contributed by atoms with E-state index in [4.69, 9.17) is 27.9 Å². The van der Waals surface area contributed by atoms with E-state index in [-0.39, 0.29) is 10.9 Å². The minimum atomic E-state index is -3.89. The first kappa shape index (κ1) is 23.3. The van der Waals surface area contributed by atoms with Crippen LogP contribution in [-0.4, -0.2) is 75.0 Å². The molecule has 0 radical (unpaired) electrons. The van der Waals surface area contributed by atoms with Gasteiger partial charge in [-0.3, -0.25) is 9.59 Å². The number of carbonyl (C=O) groups excluding carboxylic acids is 2. The largest absolute Gasteiger partial charge is 0.378 e. The van der Waals surface area contributed by atoms with Gasteiger partial charge in [0.25, 0.3) is 0 Å². The summed E-state index contributed by atoms with van der Waals surface area (Å²) in [6, 6.07) is 3.03. The number of halogens is 2. The number of nitrogens with one attached hydrogen (secondary N) is 1. The van der Waals surface area contributed by atoms with E-state index in [9.17, 15) is 18.0 Å². The molecule has 2 aliphatic heterocycles. The minimum absolute atomic E-state index is 0.156. The second-order valence-corrected chi connectivity index (χ2v) is 10.3. The second kappa shape index (κ2) is 9.40. The summed E-state index contributed by atoms with van der Waals surface area (Å²) in [5.41, 5.74) is 0.395. The second-order valence-electron chi connectivity index (χ2n) is 7.46. The highest BCUT2D eigenvalue weighted by molar-refractivity contribution is 7.89. The Bertz CT molecular complexity index is 921. The van der Waals surface area contributed by atoms with Crippen molar-refractivity contribution in [2.75, 3.05) is 32.8 Å². The number of carbonyl (C=O) groups is 2. The lowest BCUT2D eigenvalue weighted by Crippen LogP contribution is -2.52. The maximum atomic E-state index is 12.9. The summed E-state index contributed by atoms with van der Waals surface area (Å²) < 4.78 is 33.5. The molecule has 1 aromatic rings. The fourth-order valence-corrected chi connectivity index (χ4v) is 5.67. The van der Waals surface area contributed by atoms with E-state index in [0.29, 0.717) is 49.9 Å². The van der Waals surface area contributed by atoms with Crippen molar-refractivity contribution < 1.29 is 22.7 Å². The van der Waals surface area contributed by atoms with Crippen molar-refractivity contribution in [1.29, 1.82) is 0 Å². The zero-order valence-electron chi connectivity index (χ0n) is 16.8. The molecular formula is C19H25Cl2N3O5S. The highest BCUT2D eigenvalue weighted by Gasteiger charge is 2.41. The van der Waals surface area contributed by atoms with Crippen LogP contribution in [-0.2, 0) is 24.3 Å². The van der Waals surface area contributed by atoms with Gasteiger partial charge >= 0.3 is 0 Å². The first-order valence-electron chi connectivity index (χ1n) is 9.75. The average molecular weight is 478 g/mol. The molecule has 2 heterocycles. The Morgan fingerprint density at radius 2 is 1.87 bits per heavy atom. The molecule has 3 rings (SSSR count). The standard InChI is InChI=1S/C19H25Cl2N3O5S/c1-12(18(25)23-7-9-29-10-8-23)24-6-5-17(19(24)26)22-30(27,28)13(2)15-4-3-14(20)11-16(15)21/h3-4,11-13,17,22H,5-10H2,1-2H3/t12-,13?,17?/m0/s1. The number of likely N-dealkylation sites (tertiary alicyclic amines) is 1. The summed E-state index contributed by atoms with van der Waals surface area (Å²) in [6.07, 6.45) is 0.292. The fraction of sp³-hybridized carbons (Fsp3) is 0.579. The van der Waals surface area contributed by atoms with Crippen molar-refractivity contribution in [2.24, 2.45) is 0 Å². The van der Waals surface area contributed by atoms with E-state index >= 15 is 0 Å². The summed E-state index contributed by atoms with van der Waals surface area (Å²) in [5, 5.41) is -0.331. The average Bonchev–Trinajstić information content (AvgIpc) is 3.06. The predicted molar refractivity (Wildman–Crippen MR) is 114 cm³/mol. The van der Waals surface area contributed by atoms with Gasteiger partial charge in [-0.1, -0.05) is 29.3 Å². The molecular weight excluding hydrogens is 453 g/mol. The number of hydrogen-bond donors (Lipinski definition) is 1. The molecule has 30 heavy (non-hydrogen) atoms. The van der Waals surface area contributed by atoms with Crippen molar-refractivity contribution in [2.45, 2.75) is 37.6 Å². The molecule has 2 saturated heterocycles. The van der Waals surface area contributed by atoms with Crippen molar-refractivity contribution in [3.8, 4) is 0 Å². The van der Waals surface area contributed by atoms with Gasteiger partial charge in [0.1, 0.15) is 12.1 Å². The normalized spacial score (nSPS) is 22.3. The Kier molecular flexibility index (Phi) is 7.29. The molecule has 0 bridgehead atoms. The third-order valence-corrected chi connectivity index (χ3v) is 7.92. The quantitative estimate of drug-likeness (QED) is 0.673. The number of hydrogen-bond acceptors (Lipinski definition) is 5. The third-order valence-electron chi connectivity index (χ3n) is 5.56. The molecule has 8 nitrogen and oxygen atoms in total. The molecule has 2 amide bonds. The third kappa shape index (κ3) is 4.91. The van der Waals surface area contributed by atoms with E-state index in [1.807, 2.05) is 0 Å². The number of nitrogens with zero attached hydrogens (tertiary/aromatic N) is 2. The van der Waals surface area contributed by atoms with Crippen LogP contribution in [0.2, 0.25) is 10.0 Å². The van der Waals surface area contributed by atoms with Crippen LogP contribution in [0.5, 0.6) is 0 Å². The summed E-state index contributed by atoms with van der Waals surface area (Å²) >= 11 is 12.0. The number of ether oxygens (including phenoxy) is 1. The van der Waals surface area contributed by atoms with E-state index in [1.165, 1.54) is 17.9 Å². The van der Waals surface area contributed by atoms with Gasteiger partial charge in [-0.25, -0.2) is 13.1 Å². The highest BCUT2D eigenvalue weighted by atomic mass is 35.5. The number of amides is 2. The van der Waals surface area contributed by atoms with E-state index < -0.39 is 33.3 Å². The molecule has 2 unspecified atom stereocenters. The molecule has 0 spiro atoms. The Morgan fingerprint density at radius 3 is 2.50 bits per heavy atom. The monoisotopic (exact) mass is 477 g/mol. The Balaban J connectivity index is 1.67. The van der Waals surface area contributed by atoms with Crippen molar-refractivity contribution in [1.82, 2.24) is 14.5 Å². The molecule has 11 heteroatoms. The molecule has 166 valence electrons. The van der Waals surface area contributed by atoms with Crippen LogP contribution in [0.4, 0.5) is 0 Å². The van der Waals surface area contributed by atoms with Gasteiger partial charge in [-0.15, -0.1) is 0 Å². The van der Waals surface area contributed by atoms with Crippen LogP contribution < -0.4 is 4.72 Å². The lowest BCUT2D eigenvalue weighted by molar-refractivity contribution is -0.146. The number of sulfonamides is 1. The van der Waals surface area contributed by atoms with Gasteiger partial charge in [0.2, 0.25) is 21.8 Å². The van der Waals surface area contributed by atoms with Crippen LogP contribution in [0.15, 0.2) is 18.2 Å². The first-order valence-corrected chi connectivity index (χ1v) is 12.0. The molecule has 0 saturated carbocycles. The minimum Gasteiger partial charge on any atom is -0.378 e. The molecule has 1 N–H and O–H groups in total. The van der Waals surface area contributed by atoms with Gasteiger partial charge in [0, 0.05) is 29.7 Å². The van der Waals surface area contributed by atoms with Crippen molar-refractivity contribution >= 4 is 45.0 Å². The van der Waals surface area contributed by atoms with Gasteiger partial charge in [0.05, 0.1) is 18.5 Å². The fourth-order valence-electron chi connectivity index (χ4n) is 3.68. The highest BCUT2D eigenvalue weighted by Crippen LogP contribution is 2.31. The number of benzene rings is 1. The van der Waals surface area contributed by atoms with Crippen molar-refractivity contribution in [3.05, 3.63) is 33.8 Å². The van der Waals surface area contributed by atoms with Gasteiger partial charge in [-0.2, -0.15) is 0 Å². The van der Waals surface area contributed by atoms with Crippen LogP contribution in [0.3, 0.4) is 0 Å². The van der Waals surface area contributed by atoms with Crippen LogP contribution in [0, 0.1) is 0 Å². The summed E-state index contributed by atoms with van der Waals surface area (Å²) in [7, 11) is -3.89. The molecule has 2 fully saturated rings. The van der Waals surface area contributed by atoms with Gasteiger partial charge < -0.3 is 14.5 Å².